The summed E-state index contributed by atoms with van der Waals surface area (Å²) in [6.45, 7) is 6.27. The topological polar surface area (TPSA) is 59.7 Å². The number of hydrogen-bond donors (Lipinski definition) is 1. The summed E-state index contributed by atoms with van der Waals surface area (Å²) in [5, 5.41) is 0. The summed E-state index contributed by atoms with van der Waals surface area (Å²) in [5.74, 6) is -0.848. The van der Waals surface area contributed by atoms with Gasteiger partial charge in [-0.2, -0.15) is 0 Å². The van der Waals surface area contributed by atoms with Gasteiger partial charge in [-0.3, -0.25) is 9.59 Å². The standard InChI is InChI=1S/C31H35FN4O2/c1-4-5-6-14-26-21(2)24(20-33-26)29-28(22-11-7-8-12-23(22)30(37)34(29)3)31(38)36-18-16-35(17-19-36)27-15-10-9-13-25(27)32/h5-13,15,20,28-29,33H,4,14,16-19H2,1-3H3/b6-5-. The van der Waals surface area contributed by atoms with Crippen LogP contribution in [0.3, 0.4) is 0 Å². The highest BCUT2D eigenvalue weighted by Gasteiger charge is 2.45. The number of nitrogens with one attached hydrogen (secondary N) is 1. The third-order valence-electron chi connectivity index (χ3n) is 7.96. The molecular weight excluding hydrogens is 479 g/mol. The predicted molar refractivity (Wildman–Crippen MR) is 148 cm³/mol. The first-order chi connectivity index (χ1) is 18.4. The van der Waals surface area contributed by atoms with Gasteiger partial charge < -0.3 is 19.7 Å². The first-order valence-electron chi connectivity index (χ1n) is 13.4. The molecule has 198 valence electrons. The number of piperazine rings is 1. The molecular formula is C31H35FN4O2. The van der Waals surface area contributed by atoms with Crippen molar-refractivity contribution in [1.29, 1.82) is 0 Å². The number of halogens is 1. The molecule has 0 aliphatic carbocycles. The number of H-pyrrole nitrogens is 1. The van der Waals surface area contributed by atoms with Crippen molar-refractivity contribution in [2.24, 2.45) is 0 Å². The Kier molecular flexibility index (Phi) is 7.36. The molecule has 0 saturated carbocycles. The van der Waals surface area contributed by atoms with Crippen LogP contribution < -0.4 is 4.90 Å². The molecule has 5 rings (SSSR count). The predicted octanol–water partition coefficient (Wildman–Crippen LogP) is 5.23. The average Bonchev–Trinajstić information content (AvgIpc) is 3.30. The van der Waals surface area contributed by atoms with Gasteiger partial charge >= 0.3 is 0 Å². The number of allylic oxidation sites excluding steroid dienone is 2. The van der Waals surface area contributed by atoms with Crippen LogP contribution in [0.25, 0.3) is 0 Å². The van der Waals surface area contributed by atoms with Crippen molar-refractivity contribution in [3.63, 3.8) is 0 Å². The molecule has 1 fully saturated rings. The Balaban J connectivity index is 1.47. The molecule has 1 aromatic heterocycles. The minimum Gasteiger partial charge on any atom is -0.366 e. The Morgan fingerprint density at radius 2 is 1.74 bits per heavy atom. The van der Waals surface area contributed by atoms with Crippen molar-refractivity contribution in [3.8, 4) is 0 Å². The number of carbonyl (C=O) groups excluding carboxylic acids is 2. The maximum absolute atomic E-state index is 14.4. The molecule has 0 bridgehead atoms. The van der Waals surface area contributed by atoms with Gasteiger partial charge in [0.05, 0.1) is 17.6 Å². The molecule has 2 atom stereocenters. The number of amides is 2. The lowest BCUT2D eigenvalue weighted by molar-refractivity contribution is -0.134. The summed E-state index contributed by atoms with van der Waals surface area (Å²) in [7, 11) is 1.79. The summed E-state index contributed by atoms with van der Waals surface area (Å²) in [6, 6.07) is 13.8. The zero-order valence-electron chi connectivity index (χ0n) is 22.3. The lowest BCUT2D eigenvalue weighted by Crippen LogP contribution is -2.53. The number of aromatic nitrogens is 1. The van der Waals surface area contributed by atoms with Crippen molar-refractivity contribution in [2.75, 3.05) is 38.1 Å². The number of fused-ring (bicyclic) bond motifs is 1. The fourth-order valence-corrected chi connectivity index (χ4v) is 5.84. The summed E-state index contributed by atoms with van der Waals surface area (Å²) in [4.78, 5) is 36.7. The van der Waals surface area contributed by atoms with Crippen LogP contribution in [-0.4, -0.2) is 59.8 Å². The molecule has 2 unspecified atom stereocenters. The van der Waals surface area contributed by atoms with E-state index in [-0.39, 0.29) is 17.6 Å². The van der Waals surface area contributed by atoms with Crippen molar-refractivity contribution >= 4 is 17.5 Å². The van der Waals surface area contributed by atoms with Gasteiger partial charge in [-0.15, -0.1) is 0 Å². The fraction of sp³-hybridized carbons (Fsp3) is 0.355. The van der Waals surface area contributed by atoms with Crippen LogP contribution in [0.4, 0.5) is 10.1 Å². The van der Waals surface area contributed by atoms with Crippen molar-refractivity contribution in [3.05, 3.63) is 101 Å². The van der Waals surface area contributed by atoms with E-state index in [0.29, 0.717) is 37.4 Å². The second-order valence-electron chi connectivity index (χ2n) is 10.1. The van der Waals surface area contributed by atoms with Gasteiger partial charge in [0.1, 0.15) is 5.82 Å². The number of anilines is 1. The first-order valence-corrected chi connectivity index (χ1v) is 13.4. The van der Waals surface area contributed by atoms with Crippen LogP contribution in [0.15, 0.2) is 66.9 Å². The molecule has 2 aliphatic rings. The lowest BCUT2D eigenvalue weighted by atomic mass is 9.78. The maximum atomic E-state index is 14.4. The minimum atomic E-state index is -0.526. The Morgan fingerprint density at radius 1 is 1.03 bits per heavy atom. The molecule has 0 radical (unpaired) electrons. The number of rotatable bonds is 6. The number of nitrogens with zero attached hydrogens (tertiary/aromatic N) is 3. The molecule has 2 amide bonds. The van der Waals surface area contributed by atoms with Crippen molar-refractivity contribution in [2.45, 2.75) is 38.6 Å². The molecule has 3 aromatic rings. The van der Waals surface area contributed by atoms with Crippen LogP contribution in [0.5, 0.6) is 0 Å². The molecule has 0 spiro atoms. The SMILES string of the molecule is CC/C=C\Cc1[nH]cc(C2C(C(=O)N3CCN(c4ccccc4F)CC3)c3ccccc3C(=O)N2C)c1C. The van der Waals surface area contributed by atoms with E-state index < -0.39 is 12.0 Å². The Labute approximate surface area is 223 Å². The Bertz CT molecular complexity index is 1360. The zero-order valence-corrected chi connectivity index (χ0v) is 22.3. The van der Waals surface area contributed by atoms with Gasteiger partial charge in [0, 0.05) is 57.1 Å². The lowest BCUT2D eigenvalue weighted by Gasteiger charge is -2.43. The number of hydrogen-bond acceptors (Lipinski definition) is 3. The number of likely N-dealkylation sites (N-methyl/N-ethyl adjacent to an activating group) is 1. The average molecular weight is 515 g/mol. The molecule has 38 heavy (non-hydrogen) atoms. The van der Waals surface area contributed by atoms with E-state index in [4.69, 9.17) is 0 Å². The normalized spacial score (nSPS) is 19.8. The van der Waals surface area contributed by atoms with Crippen LogP contribution in [0.1, 0.15) is 58.0 Å². The first kappa shape index (κ1) is 25.8. The molecule has 1 N–H and O–H groups in total. The van der Waals surface area contributed by atoms with E-state index in [1.54, 1.807) is 24.1 Å². The van der Waals surface area contributed by atoms with Crippen molar-refractivity contribution in [1.82, 2.24) is 14.8 Å². The molecule has 7 heteroatoms. The van der Waals surface area contributed by atoms with E-state index in [9.17, 15) is 14.0 Å². The third-order valence-corrected chi connectivity index (χ3v) is 7.96. The van der Waals surface area contributed by atoms with Gasteiger partial charge in [-0.25, -0.2) is 4.39 Å². The van der Waals surface area contributed by atoms with E-state index in [1.165, 1.54) is 6.07 Å². The van der Waals surface area contributed by atoms with Gasteiger partial charge in [0.2, 0.25) is 5.91 Å². The van der Waals surface area contributed by atoms with E-state index in [1.807, 2.05) is 46.3 Å². The smallest absolute Gasteiger partial charge is 0.254 e. The quantitative estimate of drug-likeness (QED) is 0.459. The Hall–Kier alpha value is -3.87. The number of carbonyl (C=O) groups is 2. The monoisotopic (exact) mass is 514 g/mol. The van der Waals surface area contributed by atoms with Crippen molar-refractivity contribution < 1.29 is 14.0 Å². The summed E-state index contributed by atoms with van der Waals surface area (Å²) in [5.41, 5.74) is 5.06. The van der Waals surface area contributed by atoms with Gasteiger partial charge in [0.25, 0.3) is 5.91 Å². The summed E-state index contributed by atoms with van der Waals surface area (Å²) < 4.78 is 14.4. The number of aromatic amines is 1. The highest BCUT2D eigenvalue weighted by atomic mass is 19.1. The third kappa shape index (κ3) is 4.62. The molecule has 6 nitrogen and oxygen atoms in total. The van der Waals surface area contributed by atoms with Crippen LogP contribution in [-0.2, 0) is 11.2 Å². The fourth-order valence-electron chi connectivity index (χ4n) is 5.84. The minimum absolute atomic E-state index is 0.00279. The second-order valence-corrected chi connectivity index (χ2v) is 10.1. The molecule has 1 saturated heterocycles. The van der Waals surface area contributed by atoms with E-state index in [0.717, 1.165) is 35.2 Å². The molecule has 3 heterocycles. The van der Waals surface area contributed by atoms with E-state index >= 15 is 0 Å². The molecule has 2 aromatic carbocycles. The highest BCUT2D eigenvalue weighted by Crippen LogP contribution is 2.44. The van der Waals surface area contributed by atoms with Crippen LogP contribution >= 0.6 is 0 Å². The Morgan fingerprint density at radius 3 is 2.47 bits per heavy atom. The van der Waals surface area contributed by atoms with Gasteiger partial charge in [-0.05, 0) is 48.2 Å². The second kappa shape index (κ2) is 10.9. The number of para-hydroxylation sites is 1. The zero-order chi connectivity index (χ0) is 26.8. The maximum Gasteiger partial charge on any atom is 0.254 e. The largest absolute Gasteiger partial charge is 0.366 e. The molecule has 2 aliphatic heterocycles. The highest BCUT2D eigenvalue weighted by molar-refractivity contribution is 6.01. The van der Waals surface area contributed by atoms with E-state index in [2.05, 4.69) is 31.0 Å². The van der Waals surface area contributed by atoms with Crippen LogP contribution in [0.2, 0.25) is 0 Å². The summed E-state index contributed by atoms with van der Waals surface area (Å²) in [6.07, 6.45) is 8.00. The van der Waals surface area contributed by atoms with Gasteiger partial charge in [-0.1, -0.05) is 49.4 Å². The summed E-state index contributed by atoms with van der Waals surface area (Å²) >= 11 is 0. The van der Waals surface area contributed by atoms with Gasteiger partial charge in [0.15, 0.2) is 0 Å². The number of benzene rings is 2. The van der Waals surface area contributed by atoms with Crippen LogP contribution in [0, 0.1) is 12.7 Å².